The molecule has 0 N–H and O–H groups in total. The lowest BCUT2D eigenvalue weighted by atomic mass is 10.0. The average Bonchev–Trinajstić information content (AvgIpc) is 3.04. The summed E-state index contributed by atoms with van der Waals surface area (Å²) in [4.78, 5) is 34.4. The number of nitrogens with zero attached hydrogens (tertiary/aromatic N) is 3. The molecule has 0 aliphatic carbocycles. The highest BCUT2D eigenvalue weighted by Crippen LogP contribution is 2.33. The van der Waals surface area contributed by atoms with Crippen LogP contribution < -0.4 is 0 Å². The fourth-order valence-electron chi connectivity index (χ4n) is 3.80. The zero-order valence-corrected chi connectivity index (χ0v) is 17.8. The van der Waals surface area contributed by atoms with Gasteiger partial charge in [-0.3, -0.25) is 19.5 Å². The second kappa shape index (κ2) is 8.96. The Morgan fingerprint density at radius 3 is 2.16 bits per heavy atom. The standard InChI is InChI=1S/C26H25N3O2/c1-3-28(17-20-7-5-4-6-8-20)24-23(22-11-9-19(2)10-12-22)25(30)29(26(24)31)18-21-13-15-27-16-14-21/h4-16H,3,17-18H2,1-2H3. The molecule has 1 aliphatic rings. The van der Waals surface area contributed by atoms with Gasteiger partial charge in [-0.05, 0) is 42.7 Å². The molecule has 5 nitrogen and oxygen atoms in total. The minimum absolute atomic E-state index is 0.224. The molecule has 3 aromatic rings. The Kier molecular flexibility index (Phi) is 5.94. The minimum atomic E-state index is -0.257. The van der Waals surface area contributed by atoms with Crippen LogP contribution in [0.2, 0.25) is 0 Å². The second-order valence-corrected chi connectivity index (χ2v) is 7.64. The maximum absolute atomic E-state index is 13.6. The summed E-state index contributed by atoms with van der Waals surface area (Å²) in [7, 11) is 0. The highest BCUT2D eigenvalue weighted by Gasteiger charge is 2.41. The van der Waals surface area contributed by atoms with Crippen molar-refractivity contribution in [3.8, 4) is 0 Å². The normalized spacial score (nSPS) is 13.8. The zero-order valence-electron chi connectivity index (χ0n) is 17.8. The predicted octanol–water partition coefficient (Wildman–Crippen LogP) is 4.19. The van der Waals surface area contributed by atoms with Crippen LogP contribution in [0, 0.1) is 6.92 Å². The van der Waals surface area contributed by atoms with E-state index in [4.69, 9.17) is 0 Å². The quantitative estimate of drug-likeness (QED) is 0.547. The Morgan fingerprint density at radius 1 is 0.839 bits per heavy atom. The Hall–Kier alpha value is -3.73. The lowest BCUT2D eigenvalue weighted by Gasteiger charge is -2.25. The van der Waals surface area contributed by atoms with Gasteiger partial charge in [0.2, 0.25) is 0 Å². The maximum atomic E-state index is 13.6. The lowest BCUT2D eigenvalue weighted by Crippen LogP contribution is -2.34. The number of imide groups is 1. The summed E-state index contributed by atoms with van der Waals surface area (Å²) in [6.45, 7) is 5.41. The fourth-order valence-corrected chi connectivity index (χ4v) is 3.80. The van der Waals surface area contributed by atoms with Gasteiger partial charge in [0.05, 0.1) is 12.1 Å². The van der Waals surface area contributed by atoms with Crippen LogP contribution in [0.1, 0.15) is 29.2 Å². The number of benzene rings is 2. The molecule has 0 unspecified atom stereocenters. The highest BCUT2D eigenvalue weighted by molar-refractivity contribution is 6.35. The molecule has 2 heterocycles. The summed E-state index contributed by atoms with van der Waals surface area (Å²) in [6.07, 6.45) is 3.34. The molecule has 5 heteroatoms. The van der Waals surface area contributed by atoms with Crippen molar-refractivity contribution in [2.75, 3.05) is 6.54 Å². The first-order valence-electron chi connectivity index (χ1n) is 10.4. The van der Waals surface area contributed by atoms with Crippen LogP contribution in [-0.4, -0.2) is 33.1 Å². The van der Waals surface area contributed by atoms with Gasteiger partial charge in [0.25, 0.3) is 11.8 Å². The number of amides is 2. The topological polar surface area (TPSA) is 53.5 Å². The van der Waals surface area contributed by atoms with E-state index in [2.05, 4.69) is 4.98 Å². The lowest BCUT2D eigenvalue weighted by molar-refractivity contribution is -0.138. The number of carbonyl (C=O) groups is 2. The molecule has 1 aliphatic heterocycles. The van der Waals surface area contributed by atoms with E-state index >= 15 is 0 Å². The van der Waals surface area contributed by atoms with Crippen LogP contribution in [0.3, 0.4) is 0 Å². The summed E-state index contributed by atoms with van der Waals surface area (Å²) >= 11 is 0. The molecule has 0 fully saturated rings. The summed E-state index contributed by atoms with van der Waals surface area (Å²) in [5.74, 6) is -0.512. The fraction of sp³-hybridized carbons (Fsp3) is 0.192. The van der Waals surface area contributed by atoms with E-state index in [1.165, 1.54) is 4.90 Å². The molecule has 2 amide bonds. The average molecular weight is 412 g/mol. The van der Waals surface area contributed by atoms with Crippen molar-refractivity contribution in [1.29, 1.82) is 0 Å². The zero-order chi connectivity index (χ0) is 21.8. The van der Waals surface area contributed by atoms with E-state index in [1.54, 1.807) is 12.4 Å². The molecule has 0 spiro atoms. The first-order chi connectivity index (χ1) is 15.1. The minimum Gasteiger partial charge on any atom is -0.362 e. The van der Waals surface area contributed by atoms with Gasteiger partial charge in [0, 0.05) is 25.5 Å². The van der Waals surface area contributed by atoms with Gasteiger partial charge in [-0.1, -0.05) is 60.2 Å². The number of pyridine rings is 1. The third-order valence-electron chi connectivity index (χ3n) is 5.49. The molecule has 156 valence electrons. The van der Waals surface area contributed by atoms with Gasteiger partial charge in [-0.15, -0.1) is 0 Å². The van der Waals surface area contributed by atoms with Crippen molar-refractivity contribution in [3.63, 3.8) is 0 Å². The van der Waals surface area contributed by atoms with Crippen molar-refractivity contribution in [2.45, 2.75) is 26.9 Å². The molecule has 0 saturated heterocycles. The van der Waals surface area contributed by atoms with Gasteiger partial charge in [0.15, 0.2) is 0 Å². The van der Waals surface area contributed by atoms with Crippen molar-refractivity contribution in [2.24, 2.45) is 0 Å². The van der Waals surface area contributed by atoms with E-state index in [1.807, 2.05) is 85.5 Å². The van der Waals surface area contributed by atoms with Gasteiger partial charge in [0.1, 0.15) is 5.70 Å². The Labute approximate surface area is 182 Å². The van der Waals surface area contributed by atoms with E-state index in [0.717, 1.165) is 22.3 Å². The largest absolute Gasteiger partial charge is 0.362 e. The van der Waals surface area contributed by atoms with E-state index in [-0.39, 0.29) is 18.4 Å². The van der Waals surface area contributed by atoms with Crippen LogP contribution in [0.5, 0.6) is 0 Å². The van der Waals surface area contributed by atoms with Crippen LogP contribution in [0.4, 0.5) is 0 Å². The van der Waals surface area contributed by atoms with Crippen LogP contribution in [0.25, 0.3) is 5.57 Å². The molecule has 1 aromatic heterocycles. The maximum Gasteiger partial charge on any atom is 0.278 e. The number of hydrogen-bond donors (Lipinski definition) is 0. The Bertz CT molecular complexity index is 1110. The molecular weight excluding hydrogens is 386 g/mol. The number of hydrogen-bond acceptors (Lipinski definition) is 4. The monoisotopic (exact) mass is 411 g/mol. The van der Waals surface area contributed by atoms with Gasteiger partial charge in [-0.2, -0.15) is 0 Å². The number of aryl methyl sites for hydroxylation is 1. The van der Waals surface area contributed by atoms with Crippen LogP contribution >= 0.6 is 0 Å². The smallest absolute Gasteiger partial charge is 0.278 e. The van der Waals surface area contributed by atoms with E-state index in [0.29, 0.717) is 24.4 Å². The number of rotatable bonds is 7. The number of likely N-dealkylation sites (N-methyl/N-ethyl adjacent to an activating group) is 1. The van der Waals surface area contributed by atoms with E-state index < -0.39 is 0 Å². The van der Waals surface area contributed by atoms with Crippen molar-refractivity contribution in [1.82, 2.24) is 14.8 Å². The third-order valence-corrected chi connectivity index (χ3v) is 5.49. The van der Waals surface area contributed by atoms with E-state index in [9.17, 15) is 9.59 Å². The summed E-state index contributed by atoms with van der Waals surface area (Å²) < 4.78 is 0. The van der Waals surface area contributed by atoms with Crippen molar-refractivity contribution in [3.05, 3.63) is 107 Å². The number of aromatic nitrogens is 1. The predicted molar refractivity (Wildman–Crippen MR) is 120 cm³/mol. The first kappa shape index (κ1) is 20.5. The molecular formula is C26H25N3O2. The van der Waals surface area contributed by atoms with Crippen molar-refractivity contribution < 1.29 is 9.59 Å². The molecule has 31 heavy (non-hydrogen) atoms. The van der Waals surface area contributed by atoms with Crippen LogP contribution in [-0.2, 0) is 22.7 Å². The second-order valence-electron chi connectivity index (χ2n) is 7.64. The van der Waals surface area contributed by atoms with Gasteiger partial charge < -0.3 is 4.90 Å². The molecule has 0 bridgehead atoms. The number of carbonyl (C=O) groups excluding carboxylic acids is 2. The van der Waals surface area contributed by atoms with Gasteiger partial charge >= 0.3 is 0 Å². The van der Waals surface area contributed by atoms with Gasteiger partial charge in [-0.25, -0.2) is 0 Å². The molecule has 0 radical (unpaired) electrons. The van der Waals surface area contributed by atoms with Crippen LogP contribution in [0.15, 0.2) is 84.8 Å². The summed E-state index contributed by atoms with van der Waals surface area (Å²) in [5.41, 5.74) is 4.77. The Balaban J connectivity index is 1.76. The molecule has 2 aromatic carbocycles. The molecule has 0 atom stereocenters. The summed E-state index contributed by atoms with van der Waals surface area (Å²) in [6, 6.07) is 21.4. The molecule has 4 rings (SSSR count). The van der Waals surface area contributed by atoms with Crippen molar-refractivity contribution >= 4 is 17.4 Å². The molecule has 0 saturated carbocycles. The summed E-state index contributed by atoms with van der Waals surface area (Å²) in [5, 5.41) is 0. The Morgan fingerprint density at radius 2 is 1.52 bits per heavy atom. The SMILES string of the molecule is CCN(Cc1ccccc1)C1=C(c2ccc(C)cc2)C(=O)N(Cc2ccncc2)C1=O. The third kappa shape index (κ3) is 4.26. The first-order valence-corrected chi connectivity index (χ1v) is 10.4. The highest BCUT2D eigenvalue weighted by atomic mass is 16.2.